The highest BCUT2D eigenvalue weighted by atomic mass is 32.2. The monoisotopic (exact) mass is 375 g/mol. The largest absolute Gasteiger partial charge is 0.468 e. The Kier molecular flexibility index (Phi) is 5.06. The molecule has 3 rings (SSSR count). The number of hydrogen-bond donors (Lipinski definition) is 1. The van der Waals surface area contributed by atoms with Gasteiger partial charge >= 0.3 is 0 Å². The van der Waals surface area contributed by atoms with E-state index in [2.05, 4.69) is 5.32 Å². The summed E-state index contributed by atoms with van der Waals surface area (Å²) in [5, 5.41) is 3.50. The molecule has 0 unspecified atom stereocenters. The van der Waals surface area contributed by atoms with Crippen LogP contribution in [0.3, 0.4) is 0 Å². The number of aryl methyl sites for hydroxylation is 1. The minimum absolute atomic E-state index is 0.0690. The SMILES string of the molecule is Cc1ccc(S(=O)(=O)[C@@H](CNC(=O)c2cccs2)c2ccco2)cc1. The van der Waals surface area contributed by atoms with Gasteiger partial charge in [0.15, 0.2) is 9.84 Å². The van der Waals surface area contributed by atoms with Crippen molar-refractivity contribution >= 4 is 27.1 Å². The van der Waals surface area contributed by atoms with E-state index < -0.39 is 15.1 Å². The van der Waals surface area contributed by atoms with Gasteiger partial charge in [-0.3, -0.25) is 4.79 Å². The fraction of sp³-hybridized carbons (Fsp3) is 0.167. The lowest BCUT2D eigenvalue weighted by molar-refractivity contribution is 0.0957. The molecule has 1 atom stereocenters. The Bertz CT molecular complexity index is 928. The van der Waals surface area contributed by atoms with Gasteiger partial charge in [-0.2, -0.15) is 0 Å². The van der Waals surface area contributed by atoms with Crippen LogP contribution in [0, 0.1) is 6.92 Å². The van der Waals surface area contributed by atoms with E-state index in [0.717, 1.165) is 5.56 Å². The first-order valence-electron chi connectivity index (χ1n) is 7.64. The van der Waals surface area contributed by atoms with E-state index in [1.165, 1.54) is 17.6 Å². The van der Waals surface area contributed by atoms with Crippen LogP contribution in [-0.2, 0) is 9.84 Å². The Hall–Kier alpha value is -2.38. The van der Waals surface area contributed by atoms with Crippen LogP contribution in [0.2, 0.25) is 0 Å². The molecule has 25 heavy (non-hydrogen) atoms. The summed E-state index contributed by atoms with van der Waals surface area (Å²) < 4.78 is 31.4. The van der Waals surface area contributed by atoms with Crippen molar-refractivity contribution in [3.8, 4) is 0 Å². The lowest BCUT2D eigenvalue weighted by atomic mass is 10.2. The number of rotatable bonds is 6. The summed E-state index contributed by atoms with van der Waals surface area (Å²) in [7, 11) is -3.71. The van der Waals surface area contributed by atoms with E-state index in [9.17, 15) is 13.2 Å². The highest BCUT2D eigenvalue weighted by molar-refractivity contribution is 7.91. The molecule has 3 aromatic rings. The van der Waals surface area contributed by atoms with Gasteiger partial charge in [-0.15, -0.1) is 11.3 Å². The van der Waals surface area contributed by atoms with Crippen LogP contribution in [0.1, 0.15) is 26.2 Å². The number of thiophene rings is 1. The number of benzene rings is 1. The molecule has 0 spiro atoms. The van der Waals surface area contributed by atoms with Crippen LogP contribution < -0.4 is 5.32 Å². The zero-order chi connectivity index (χ0) is 17.9. The summed E-state index contributed by atoms with van der Waals surface area (Å²) in [6, 6.07) is 13.3. The molecule has 0 fully saturated rings. The third kappa shape index (κ3) is 3.83. The van der Waals surface area contributed by atoms with Crippen LogP contribution in [0.25, 0.3) is 0 Å². The second kappa shape index (κ2) is 7.25. The van der Waals surface area contributed by atoms with Crippen LogP contribution in [0.5, 0.6) is 0 Å². The van der Waals surface area contributed by atoms with Crippen LogP contribution in [-0.4, -0.2) is 20.9 Å². The second-order valence-electron chi connectivity index (χ2n) is 5.55. The van der Waals surface area contributed by atoms with Gasteiger partial charge in [-0.05, 0) is 42.6 Å². The number of amides is 1. The van der Waals surface area contributed by atoms with Gasteiger partial charge in [0.25, 0.3) is 5.91 Å². The van der Waals surface area contributed by atoms with Crippen molar-refractivity contribution < 1.29 is 17.6 Å². The zero-order valence-electron chi connectivity index (χ0n) is 13.5. The number of furan rings is 1. The molecule has 1 N–H and O–H groups in total. The van der Waals surface area contributed by atoms with Gasteiger partial charge in [0.1, 0.15) is 11.0 Å². The molecule has 0 saturated heterocycles. The standard InChI is InChI=1S/C18H17NO4S2/c1-13-6-8-14(9-7-13)25(21,22)17(15-4-2-10-23-15)12-19-18(20)16-5-3-11-24-16/h2-11,17H,12H2,1H3,(H,19,20)/t17-/m0/s1. The van der Waals surface area contributed by atoms with Gasteiger partial charge in [-0.1, -0.05) is 23.8 Å². The lowest BCUT2D eigenvalue weighted by Gasteiger charge is -2.16. The molecule has 7 heteroatoms. The van der Waals surface area contributed by atoms with Gasteiger partial charge in [0.05, 0.1) is 16.0 Å². The molecular weight excluding hydrogens is 358 g/mol. The summed E-state index contributed by atoms with van der Waals surface area (Å²) in [5.41, 5.74) is 0.972. The van der Waals surface area contributed by atoms with Crippen LogP contribution in [0.15, 0.2) is 69.5 Å². The molecule has 0 saturated carbocycles. The third-order valence-corrected chi connectivity index (χ3v) is 6.72. The molecule has 130 valence electrons. The quantitative estimate of drug-likeness (QED) is 0.714. The van der Waals surface area contributed by atoms with Gasteiger partial charge in [-0.25, -0.2) is 8.42 Å². The molecule has 0 radical (unpaired) electrons. The van der Waals surface area contributed by atoms with Crippen molar-refractivity contribution in [2.75, 3.05) is 6.54 Å². The average Bonchev–Trinajstić information content (AvgIpc) is 3.29. The first-order valence-corrected chi connectivity index (χ1v) is 10.1. The maximum Gasteiger partial charge on any atom is 0.261 e. The van der Waals surface area contributed by atoms with Crippen molar-refractivity contribution in [3.05, 3.63) is 76.4 Å². The summed E-state index contributed by atoms with van der Waals surface area (Å²) in [5.74, 6) is -0.00211. The van der Waals surface area contributed by atoms with E-state index >= 15 is 0 Å². The van der Waals surface area contributed by atoms with Crippen molar-refractivity contribution in [3.63, 3.8) is 0 Å². The second-order valence-corrected chi connectivity index (χ2v) is 8.63. The Labute approximate surface area is 150 Å². The molecule has 0 aliphatic carbocycles. The predicted molar refractivity (Wildman–Crippen MR) is 96.5 cm³/mol. The molecule has 2 aromatic heterocycles. The molecule has 1 aromatic carbocycles. The number of nitrogens with one attached hydrogen (secondary N) is 1. The molecular formula is C18H17NO4S2. The molecule has 1 amide bonds. The molecule has 0 aliphatic rings. The predicted octanol–water partition coefficient (Wildman–Crippen LogP) is 3.59. The fourth-order valence-corrected chi connectivity index (χ4v) is 4.64. The summed E-state index contributed by atoms with van der Waals surface area (Å²) in [6.07, 6.45) is 1.42. The molecule has 0 bridgehead atoms. The minimum Gasteiger partial charge on any atom is -0.468 e. The van der Waals surface area contributed by atoms with Crippen molar-refractivity contribution in [1.29, 1.82) is 0 Å². The summed E-state index contributed by atoms with van der Waals surface area (Å²) >= 11 is 1.30. The number of carbonyl (C=O) groups excluding carboxylic acids is 1. The molecule has 0 aliphatic heterocycles. The normalized spacial score (nSPS) is 12.7. The highest BCUT2D eigenvalue weighted by Gasteiger charge is 2.32. The van der Waals surface area contributed by atoms with Crippen molar-refractivity contribution in [2.24, 2.45) is 0 Å². The molecule has 5 nitrogen and oxygen atoms in total. The Morgan fingerprint density at radius 2 is 1.92 bits per heavy atom. The lowest BCUT2D eigenvalue weighted by Crippen LogP contribution is -2.31. The first-order chi connectivity index (χ1) is 12.0. The summed E-state index contributed by atoms with van der Waals surface area (Å²) in [4.78, 5) is 12.9. The smallest absolute Gasteiger partial charge is 0.261 e. The topological polar surface area (TPSA) is 76.4 Å². The molecule has 2 heterocycles. The number of hydrogen-bond acceptors (Lipinski definition) is 5. The van der Waals surface area contributed by atoms with Gasteiger partial charge in [0.2, 0.25) is 0 Å². The Morgan fingerprint density at radius 3 is 2.52 bits per heavy atom. The number of carbonyl (C=O) groups is 1. The van der Waals surface area contributed by atoms with Crippen LogP contribution in [0.4, 0.5) is 0 Å². The summed E-state index contributed by atoms with van der Waals surface area (Å²) in [6.45, 7) is 1.82. The number of sulfone groups is 1. The first kappa shape index (κ1) is 17.4. The van der Waals surface area contributed by atoms with Gasteiger partial charge < -0.3 is 9.73 Å². The highest BCUT2D eigenvalue weighted by Crippen LogP contribution is 2.29. The van der Waals surface area contributed by atoms with E-state index in [4.69, 9.17) is 4.42 Å². The van der Waals surface area contributed by atoms with Crippen molar-refractivity contribution in [2.45, 2.75) is 17.1 Å². The van der Waals surface area contributed by atoms with Gasteiger partial charge in [0, 0.05) is 6.54 Å². The van der Waals surface area contributed by atoms with E-state index in [1.807, 2.05) is 6.92 Å². The van der Waals surface area contributed by atoms with E-state index in [-0.39, 0.29) is 17.3 Å². The third-order valence-electron chi connectivity index (χ3n) is 3.78. The Morgan fingerprint density at radius 1 is 1.16 bits per heavy atom. The zero-order valence-corrected chi connectivity index (χ0v) is 15.1. The van der Waals surface area contributed by atoms with Crippen molar-refractivity contribution in [1.82, 2.24) is 5.32 Å². The van der Waals surface area contributed by atoms with E-state index in [1.54, 1.807) is 53.9 Å². The van der Waals surface area contributed by atoms with Crippen LogP contribution >= 0.6 is 11.3 Å². The fourth-order valence-electron chi connectivity index (χ4n) is 2.41. The van der Waals surface area contributed by atoms with E-state index in [0.29, 0.717) is 10.6 Å². The average molecular weight is 375 g/mol. The Balaban J connectivity index is 1.87. The minimum atomic E-state index is -3.71. The maximum absolute atomic E-state index is 13.0. The maximum atomic E-state index is 13.0.